The second kappa shape index (κ2) is 5.42. The third kappa shape index (κ3) is 2.94. The Hall–Kier alpha value is -1.85. The van der Waals surface area contributed by atoms with E-state index in [1.54, 1.807) is 25.8 Å². The molecule has 1 fully saturated rings. The molecule has 0 saturated carbocycles. The second-order valence-electron chi connectivity index (χ2n) is 4.89. The van der Waals surface area contributed by atoms with Crippen LogP contribution in [0.3, 0.4) is 0 Å². The van der Waals surface area contributed by atoms with Gasteiger partial charge >= 0.3 is 0 Å². The summed E-state index contributed by atoms with van der Waals surface area (Å²) in [6, 6.07) is 0. The summed E-state index contributed by atoms with van der Waals surface area (Å²) in [6.07, 6.45) is 2.09. The van der Waals surface area contributed by atoms with Crippen molar-refractivity contribution in [3.05, 3.63) is 17.3 Å². The highest BCUT2D eigenvalue weighted by Crippen LogP contribution is 2.12. The van der Waals surface area contributed by atoms with E-state index in [2.05, 4.69) is 4.98 Å². The van der Waals surface area contributed by atoms with Crippen LogP contribution >= 0.6 is 0 Å². The van der Waals surface area contributed by atoms with Gasteiger partial charge in [0.15, 0.2) is 11.6 Å². The predicted octanol–water partition coefficient (Wildman–Crippen LogP) is 0.986. The SMILES string of the molecule is Cc1nc(C(=O)N(C)CC(=O)N2CCCC2)c(C)o1. The predicted molar refractivity (Wildman–Crippen MR) is 68.8 cm³/mol. The van der Waals surface area contributed by atoms with Gasteiger partial charge in [-0.1, -0.05) is 0 Å². The van der Waals surface area contributed by atoms with E-state index in [1.807, 2.05) is 0 Å². The molecule has 1 saturated heterocycles. The van der Waals surface area contributed by atoms with Crippen LogP contribution in [0.2, 0.25) is 0 Å². The summed E-state index contributed by atoms with van der Waals surface area (Å²) in [4.78, 5) is 31.4. The molecule has 1 aliphatic rings. The number of hydrogen-bond donors (Lipinski definition) is 0. The average Bonchev–Trinajstić information content (AvgIpc) is 2.97. The van der Waals surface area contributed by atoms with Crippen molar-refractivity contribution in [3.8, 4) is 0 Å². The summed E-state index contributed by atoms with van der Waals surface area (Å²) >= 11 is 0. The Morgan fingerprint density at radius 2 is 1.95 bits per heavy atom. The molecule has 1 aromatic rings. The molecule has 19 heavy (non-hydrogen) atoms. The topological polar surface area (TPSA) is 66.7 Å². The van der Waals surface area contributed by atoms with Gasteiger partial charge in [-0.3, -0.25) is 9.59 Å². The van der Waals surface area contributed by atoms with E-state index >= 15 is 0 Å². The van der Waals surface area contributed by atoms with Gasteiger partial charge in [0.2, 0.25) is 5.91 Å². The molecule has 0 bridgehead atoms. The van der Waals surface area contributed by atoms with Gasteiger partial charge in [-0.05, 0) is 19.8 Å². The van der Waals surface area contributed by atoms with Crippen LogP contribution in [0.1, 0.15) is 35.0 Å². The zero-order chi connectivity index (χ0) is 14.0. The number of oxazole rings is 1. The number of likely N-dealkylation sites (N-methyl/N-ethyl adjacent to an activating group) is 1. The number of aromatic nitrogens is 1. The zero-order valence-corrected chi connectivity index (χ0v) is 11.6. The third-order valence-corrected chi connectivity index (χ3v) is 3.28. The molecule has 2 amide bonds. The molecule has 0 aliphatic carbocycles. The Morgan fingerprint density at radius 1 is 1.32 bits per heavy atom. The molecule has 2 rings (SSSR count). The molecule has 1 aromatic heterocycles. The molecule has 0 spiro atoms. The van der Waals surface area contributed by atoms with Gasteiger partial charge in [0, 0.05) is 27.1 Å². The third-order valence-electron chi connectivity index (χ3n) is 3.28. The monoisotopic (exact) mass is 265 g/mol. The number of hydrogen-bond acceptors (Lipinski definition) is 4. The van der Waals surface area contributed by atoms with E-state index in [1.165, 1.54) is 4.90 Å². The molecular formula is C13H19N3O3. The number of rotatable bonds is 3. The lowest BCUT2D eigenvalue weighted by Gasteiger charge is -2.20. The van der Waals surface area contributed by atoms with Crippen molar-refractivity contribution < 1.29 is 14.0 Å². The number of carbonyl (C=O) groups excluding carboxylic acids is 2. The van der Waals surface area contributed by atoms with Crippen LogP contribution in [0, 0.1) is 13.8 Å². The Labute approximate surface area is 112 Å². The van der Waals surface area contributed by atoms with Gasteiger partial charge in [-0.2, -0.15) is 0 Å². The van der Waals surface area contributed by atoms with Crippen molar-refractivity contribution in [2.75, 3.05) is 26.7 Å². The van der Waals surface area contributed by atoms with Crippen LogP contribution < -0.4 is 0 Å². The fourth-order valence-electron chi connectivity index (χ4n) is 2.25. The smallest absolute Gasteiger partial charge is 0.276 e. The van der Waals surface area contributed by atoms with Crippen LogP contribution in [-0.2, 0) is 4.79 Å². The molecule has 6 nitrogen and oxygen atoms in total. The first-order valence-electron chi connectivity index (χ1n) is 6.46. The minimum atomic E-state index is -0.276. The van der Waals surface area contributed by atoms with E-state index in [-0.39, 0.29) is 24.1 Å². The fraction of sp³-hybridized carbons (Fsp3) is 0.615. The highest BCUT2D eigenvalue weighted by atomic mass is 16.4. The van der Waals surface area contributed by atoms with E-state index in [9.17, 15) is 9.59 Å². The first-order chi connectivity index (χ1) is 8.99. The maximum Gasteiger partial charge on any atom is 0.276 e. The lowest BCUT2D eigenvalue weighted by molar-refractivity contribution is -0.130. The molecule has 0 unspecified atom stereocenters. The summed E-state index contributed by atoms with van der Waals surface area (Å²) < 4.78 is 5.24. The van der Waals surface area contributed by atoms with Crippen molar-refractivity contribution in [3.63, 3.8) is 0 Å². The van der Waals surface area contributed by atoms with Crippen molar-refractivity contribution >= 4 is 11.8 Å². The average molecular weight is 265 g/mol. The van der Waals surface area contributed by atoms with E-state index in [0.717, 1.165) is 25.9 Å². The van der Waals surface area contributed by atoms with Gasteiger partial charge in [0.25, 0.3) is 5.91 Å². The Kier molecular flexibility index (Phi) is 3.87. The first-order valence-corrected chi connectivity index (χ1v) is 6.46. The lowest BCUT2D eigenvalue weighted by Crippen LogP contribution is -2.40. The quantitative estimate of drug-likeness (QED) is 0.817. The van der Waals surface area contributed by atoms with Gasteiger partial charge in [-0.15, -0.1) is 0 Å². The minimum Gasteiger partial charge on any atom is -0.445 e. The minimum absolute atomic E-state index is 0.00813. The van der Waals surface area contributed by atoms with E-state index in [4.69, 9.17) is 4.42 Å². The molecule has 6 heteroatoms. The van der Waals surface area contributed by atoms with Crippen molar-refractivity contribution in [2.45, 2.75) is 26.7 Å². The first kappa shape index (κ1) is 13.6. The number of carbonyl (C=O) groups is 2. The maximum absolute atomic E-state index is 12.2. The summed E-state index contributed by atoms with van der Waals surface area (Å²) in [7, 11) is 1.61. The Balaban J connectivity index is 1.99. The number of nitrogens with zero attached hydrogens (tertiary/aromatic N) is 3. The molecule has 0 atom stereocenters. The van der Waals surface area contributed by atoms with Crippen LogP contribution in [0.4, 0.5) is 0 Å². The maximum atomic E-state index is 12.2. The summed E-state index contributed by atoms with van der Waals surface area (Å²) in [5.74, 6) is 0.663. The van der Waals surface area contributed by atoms with Gasteiger partial charge in [0.05, 0.1) is 6.54 Å². The fourth-order valence-corrected chi connectivity index (χ4v) is 2.25. The standard InChI is InChI=1S/C13H19N3O3/c1-9-12(14-10(2)19-9)13(18)15(3)8-11(17)16-6-4-5-7-16/h4-8H2,1-3H3. The molecule has 104 valence electrons. The molecule has 2 heterocycles. The molecule has 1 aliphatic heterocycles. The van der Waals surface area contributed by atoms with Crippen molar-refractivity contribution in [2.24, 2.45) is 0 Å². The highest BCUT2D eigenvalue weighted by molar-refractivity contribution is 5.95. The largest absolute Gasteiger partial charge is 0.445 e. The van der Waals surface area contributed by atoms with Crippen LogP contribution in [0.5, 0.6) is 0 Å². The van der Waals surface area contributed by atoms with Gasteiger partial charge in [-0.25, -0.2) is 4.98 Å². The summed E-state index contributed by atoms with van der Waals surface area (Å²) in [5.41, 5.74) is 0.286. The van der Waals surface area contributed by atoms with Crippen LogP contribution in [-0.4, -0.2) is 53.3 Å². The van der Waals surface area contributed by atoms with E-state index in [0.29, 0.717) is 11.7 Å². The molecular weight excluding hydrogens is 246 g/mol. The van der Waals surface area contributed by atoms with Crippen LogP contribution in [0.15, 0.2) is 4.42 Å². The van der Waals surface area contributed by atoms with Crippen molar-refractivity contribution in [1.82, 2.24) is 14.8 Å². The Bertz CT molecular complexity index is 489. The highest BCUT2D eigenvalue weighted by Gasteiger charge is 2.24. The molecule has 0 radical (unpaired) electrons. The number of aryl methyl sites for hydroxylation is 2. The molecule has 0 N–H and O–H groups in total. The van der Waals surface area contributed by atoms with Crippen LogP contribution in [0.25, 0.3) is 0 Å². The summed E-state index contributed by atoms with van der Waals surface area (Å²) in [6.45, 7) is 5.07. The normalized spacial score (nSPS) is 14.8. The lowest BCUT2D eigenvalue weighted by atomic mass is 10.3. The molecule has 0 aromatic carbocycles. The number of likely N-dealkylation sites (tertiary alicyclic amines) is 1. The van der Waals surface area contributed by atoms with Gasteiger partial charge < -0.3 is 14.2 Å². The van der Waals surface area contributed by atoms with Gasteiger partial charge in [0.1, 0.15) is 5.76 Å². The number of amides is 2. The second-order valence-corrected chi connectivity index (χ2v) is 4.89. The Morgan fingerprint density at radius 3 is 2.47 bits per heavy atom. The van der Waals surface area contributed by atoms with E-state index < -0.39 is 0 Å². The summed E-state index contributed by atoms with van der Waals surface area (Å²) in [5, 5.41) is 0. The van der Waals surface area contributed by atoms with Crippen molar-refractivity contribution in [1.29, 1.82) is 0 Å². The zero-order valence-electron chi connectivity index (χ0n) is 11.6.